The lowest BCUT2D eigenvalue weighted by molar-refractivity contribution is -0.120. The lowest BCUT2D eigenvalue weighted by Gasteiger charge is -2.13. The fourth-order valence-corrected chi connectivity index (χ4v) is 3.53. The van der Waals surface area contributed by atoms with E-state index >= 15 is 0 Å². The maximum absolute atomic E-state index is 12.1. The number of hydrogen-bond acceptors (Lipinski definition) is 4. The molecule has 5 heteroatoms. The van der Waals surface area contributed by atoms with E-state index in [-0.39, 0.29) is 11.3 Å². The van der Waals surface area contributed by atoms with Gasteiger partial charge in [-0.3, -0.25) is 4.79 Å². The van der Waals surface area contributed by atoms with Crippen LogP contribution in [0.4, 0.5) is 0 Å². The van der Waals surface area contributed by atoms with Gasteiger partial charge in [-0.05, 0) is 16.7 Å². The van der Waals surface area contributed by atoms with Gasteiger partial charge in [0, 0.05) is 30.4 Å². The topological polar surface area (TPSA) is 54.0 Å². The number of rotatable bonds is 4. The van der Waals surface area contributed by atoms with Crippen molar-refractivity contribution in [3.8, 4) is 0 Å². The Morgan fingerprint density at radius 1 is 1.30 bits per heavy atom. The Hall–Kier alpha value is -1.72. The van der Waals surface area contributed by atoms with Crippen molar-refractivity contribution in [3.63, 3.8) is 0 Å². The number of nitrogens with zero attached hydrogens (tertiary/aromatic N) is 1. The molecule has 1 aliphatic rings. The molecule has 0 fully saturated rings. The highest BCUT2D eigenvalue weighted by Crippen LogP contribution is 2.25. The van der Waals surface area contributed by atoms with Gasteiger partial charge in [0.05, 0.1) is 17.1 Å². The number of thiazole rings is 1. The summed E-state index contributed by atoms with van der Waals surface area (Å²) in [5, 5.41) is 9.39. The average Bonchev–Trinajstić information content (AvgIpc) is 3.12. The molecule has 23 heavy (non-hydrogen) atoms. The van der Waals surface area contributed by atoms with Crippen LogP contribution in [-0.4, -0.2) is 10.9 Å². The minimum atomic E-state index is 0.0226. The predicted octanol–water partition coefficient (Wildman–Crippen LogP) is 2.90. The van der Waals surface area contributed by atoms with Crippen molar-refractivity contribution in [2.45, 2.75) is 52.2 Å². The van der Waals surface area contributed by atoms with Crippen LogP contribution in [-0.2, 0) is 36.3 Å². The zero-order chi connectivity index (χ0) is 16.4. The minimum Gasteiger partial charge on any atom is -0.352 e. The Balaban J connectivity index is 1.54. The van der Waals surface area contributed by atoms with Crippen molar-refractivity contribution in [1.29, 1.82) is 0 Å². The number of fused-ring (bicyclic) bond motifs is 1. The van der Waals surface area contributed by atoms with Crippen molar-refractivity contribution in [2.24, 2.45) is 0 Å². The number of nitrogens with one attached hydrogen (secondary N) is 2. The molecule has 0 atom stereocenters. The van der Waals surface area contributed by atoms with Gasteiger partial charge in [0.2, 0.25) is 5.91 Å². The van der Waals surface area contributed by atoms with Crippen molar-refractivity contribution in [3.05, 3.63) is 51.0 Å². The van der Waals surface area contributed by atoms with E-state index in [4.69, 9.17) is 0 Å². The summed E-state index contributed by atoms with van der Waals surface area (Å²) in [6, 6.07) is 6.41. The Labute approximate surface area is 141 Å². The number of amides is 1. The maximum atomic E-state index is 12.1. The van der Waals surface area contributed by atoms with Crippen LogP contribution in [0.1, 0.15) is 48.2 Å². The van der Waals surface area contributed by atoms with E-state index in [1.807, 2.05) is 5.38 Å². The summed E-state index contributed by atoms with van der Waals surface area (Å²) in [5.74, 6) is 0.0226. The zero-order valence-corrected chi connectivity index (χ0v) is 14.7. The van der Waals surface area contributed by atoms with Gasteiger partial charge in [-0.1, -0.05) is 39.0 Å². The van der Waals surface area contributed by atoms with Crippen LogP contribution in [0.25, 0.3) is 0 Å². The molecular weight excluding hydrogens is 306 g/mol. The molecule has 1 aliphatic heterocycles. The summed E-state index contributed by atoms with van der Waals surface area (Å²) >= 11 is 1.63. The monoisotopic (exact) mass is 329 g/mol. The number of carbonyl (C=O) groups excluding carboxylic acids is 1. The molecule has 2 N–H and O–H groups in total. The van der Waals surface area contributed by atoms with Gasteiger partial charge in [0.25, 0.3) is 0 Å². The van der Waals surface area contributed by atoms with Crippen molar-refractivity contribution < 1.29 is 4.79 Å². The van der Waals surface area contributed by atoms with E-state index in [0.717, 1.165) is 29.4 Å². The van der Waals surface area contributed by atoms with Gasteiger partial charge >= 0.3 is 0 Å². The van der Waals surface area contributed by atoms with Crippen LogP contribution >= 0.6 is 11.3 Å². The fourth-order valence-electron chi connectivity index (χ4n) is 2.62. The Morgan fingerprint density at radius 3 is 2.83 bits per heavy atom. The van der Waals surface area contributed by atoms with Crippen LogP contribution in [0, 0.1) is 0 Å². The van der Waals surface area contributed by atoms with Gasteiger partial charge in [0.1, 0.15) is 0 Å². The average molecular weight is 329 g/mol. The zero-order valence-electron chi connectivity index (χ0n) is 13.9. The van der Waals surface area contributed by atoms with Crippen LogP contribution in [0.15, 0.2) is 23.6 Å². The quantitative estimate of drug-likeness (QED) is 0.907. The molecule has 2 aromatic rings. The van der Waals surface area contributed by atoms with Crippen molar-refractivity contribution in [2.75, 3.05) is 0 Å². The van der Waals surface area contributed by atoms with Crippen molar-refractivity contribution in [1.82, 2.24) is 15.6 Å². The van der Waals surface area contributed by atoms with E-state index in [1.54, 1.807) is 11.3 Å². The molecule has 0 spiro atoms. The smallest absolute Gasteiger partial charge is 0.226 e. The molecule has 2 heterocycles. The molecule has 122 valence electrons. The number of aromatic nitrogens is 1. The largest absolute Gasteiger partial charge is 0.352 e. The molecule has 0 bridgehead atoms. The molecule has 0 unspecified atom stereocenters. The minimum absolute atomic E-state index is 0.0226. The normalized spacial score (nSPS) is 13.9. The molecule has 0 saturated carbocycles. The first kappa shape index (κ1) is 16.1. The number of hydrogen-bond donors (Lipinski definition) is 2. The van der Waals surface area contributed by atoms with Gasteiger partial charge in [0.15, 0.2) is 0 Å². The Kier molecular flexibility index (Phi) is 4.50. The third-order valence-corrected chi connectivity index (χ3v) is 5.24. The molecule has 4 nitrogen and oxygen atoms in total. The standard InChI is InChI=1S/C18H23N3OS/c1-18(2,3)17-21-15(11-23-17)7-16(22)20-8-12-4-5-13-9-19-10-14(13)6-12/h4-6,11,19H,7-10H2,1-3H3,(H,20,22). The van der Waals surface area contributed by atoms with E-state index < -0.39 is 0 Å². The molecule has 0 aliphatic carbocycles. The fraction of sp³-hybridized carbons (Fsp3) is 0.444. The molecule has 1 aromatic carbocycles. The predicted molar refractivity (Wildman–Crippen MR) is 93.4 cm³/mol. The molecular formula is C18H23N3OS. The molecule has 3 rings (SSSR count). The Bertz CT molecular complexity index is 715. The molecule has 1 aromatic heterocycles. The first-order chi connectivity index (χ1) is 10.9. The second-order valence-electron chi connectivity index (χ2n) is 7.05. The van der Waals surface area contributed by atoms with Gasteiger partial charge in [-0.15, -0.1) is 11.3 Å². The van der Waals surface area contributed by atoms with E-state index in [0.29, 0.717) is 13.0 Å². The van der Waals surface area contributed by atoms with Crippen LogP contribution < -0.4 is 10.6 Å². The highest BCUT2D eigenvalue weighted by Gasteiger charge is 2.18. The number of carbonyl (C=O) groups is 1. The summed E-state index contributed by atoms with van der Waals surface area (Å²) in [6.07, 6.45) is 0.346. The highest BCUT2D eigenvalue weighted by molar-refractivity contribution is 7.09. The highest BCUT2D eigenvalue weighted by atomic mass is 32.1. The lowest BCUT2D eigenvalue weighted by Crippen LogP contribution is -2.24. The maximum Gasteiger partial charge on any atom is 0.226 e. The third kappa shape index (κ3) is 3.98. The summed E-state index contributed by atoms with van der Waals surface area (Å²) in [4.78, 5) is 16.7. The van der Waals surface area contributed by atoms with Crippen LogP contribution in [0.2, 0.25) is 0 Å². The first-order valence-electron chi connectivity index (χ1n) is 7.95. The van der Waals surface area contributed by atoms with E-state index in [9.17, 15) is 4.79 Å². The second kappa shape index (κ2) is 6.42. The summed E-state index contributed by atoms with van der Waals surface area (Å²) in [7, 11) is 0. The summed E-state index contributed by atoms with van der Waals surface area (Å²) in [5.41, 5.74) is 4.74. The van der Waals surface area contributed by atoms with Crippen LogP contribution in [0.5, 0.6) is 0 Å². The van der Waals surface area contributed by atoms with Crippen molar-refractivity contribution >= 4 is 17.2 Å². The van der Waals surface area contributed by atoms with Gasteiger partial charge in [-0.2, -0.15) is 0 Å². The first-order valence-corrected chi connectivity index (χ1v) is 8.83. The van der Waals surface area contributed by atoms with Crippen LogP contribution in [0.3, 0.4) is 0 Å². The summed E-state index contributed by atoms with van der Waals surface area (Å²) in [6.45, 7) is 8.85. The van der Waals surface area contributed by atoms with Gasteiger partial charge in [-0.25, -0.2) is 4.98 Å². The van der Waals surface area contributed by atoms with E-state index in [1.165, 1.54) is 11.1 Å². The Morgan fingerprint density at radius 2 is 2.09 bits per heavy atom. The molecule has 0 radical (unpaired) electrons. The number of benzene rings is 1. The third-order valence-electron chi connectivity index (χ3n) is 3.93. The molecule has 1 amide bonds. The second-order valence-corrected chi connectivity index (χ2v) is 7.91. The molecule has 0 saturated heterocycles. The summed E-state index contributed by atoms with van der Waals surface area (Å²) < 4.78 is 0. The van der Waals surface area contributed by atoms with E-state index in [2.05, 4.69) is 54.6 Å². The SMILES string of the molecule is CC(C)(C)c1nc(CC(=O)NCc2ccc3c(c2)CNC3)cs1. The van der Waals surface area contributed by atoms with Gasteiger partial charge < -0.3 is 10.6 Å². The lowest BCUT2D eigenvalue weighted by atomic mass is 9.98.